The molecule has 1 fully saturated rings. The summed E-state index contributed by atoms with van der Waals surface area (Å²) in [6.45, 7) is 0.322. The Kier molecular flexibility index (Phi) is 3.78. The van der Waals surface area contributed by atoms with Gasteiger partial charge in [0, 0.05) is 11.1 Å². The molecular weight excluding hydrogens is 336 g/mol. The number of ketones is 1. The number of rotatable bonds is 3. The number of hydrogen-bond acceptors (Lipinski definition) is 3. The van der Waals surface area contributed by atoms with E-state index < -0.39 is 5.60 Å². The lowest BCUT2D eigenvalue weighted by atomic mass is 9.82. The van der Waals surface area contributed by atoms with Gasteiger partial charge in [-0.2, -0.15) is 0 Å². The van der Waals surface area contributed by atoms with Crippen molar-refractivity contribution < 1.29 is 14.3 Å². The Morgan fingerprint density at radius 3 is 2.11 bits per heavy atom. The van der Waals surface area contributed by atoms with Gasteiger partial charge in [-0.25, -0.2) is 0 Å². The summed E-state index contributed by atoms with van der Waals surface area (Å²) >= 11 is 0. The van der Waals surface area contributed by atoms with Crippen molar-refractivity contribution in [2.75, 3.05) is 13.4 Å². The fourth-order valence-corrected chi connectivity index (χ4v) is 4.00. The van der Waals surface area contributed by atoms with Gasteiger partial charge in [-0.3, -0.25) is 4.79 Å². The van der Waals surface area contributed by atoms with Gasteiger partial charge in [0.05, 0.1) is 6.61 Å². The highest BCUT2D eigenvalue weighted by Gasteiger charge is 2.47. The van der Waals surface area contributed by atoms with Crippen molar-refractivity contribution >= 4 is 27.3 Å². The first-order valence-corrected chi connectivity index (χ1v) is 9.02. The molecule has 0 aliphatic carbocycles. The van der Waals surface area contributed by atoms with E-state index in [-0.39, 0.29) is 19.2 Å². The van der Waals surface area contributed by atoms with Gasteiger partial charge in [-0.1, -0.05) is 84.9 Å². The monoisotopic (exact) mass is 354 g/mol. The summed E-state index contributed by atoms with van der Waals surface area (Å²) in [6.07, 6.45) is 0. The Morgan fingerprint density at radius 1 is 0.741 bits per heavy atom. The Hall–Kier alpha value is -3.01. The van der Waals surface area contributed by atoms with Crippen LogP contribution in [0.2, 0.25) is 0 Å². The Balaban J connectivity index is 1.75. The van der Waals surface area contributed by atoms with Gasteiger partial charge >= 0.3 is 0 Å². The van der Waals surface area contributed by atoms with Crippen LogP contribution in [-0.2, 0) is 15.1 Å². The second-order valence-corrected chi connectivity index (χ2v) is 6.82. The third kappa shape index (κ3) is 2.47. The van der Waals surface area contributed by atoms with E-state index in [2.05, 4.69) is 0 Å². The molecule has 4 aromatic carbocycles. The van der Waals surface area contributed by atoms with Crippen molar-refractivity contribution in [3.8, 4) is 0 Å². The molecule has 132 valence electrons. The lowest BCUT2D eigenvalue weighted by molar-refractivity contribution is -0.00159. The van der Waals surface area contributed by atoms with E-state index in [0.717, 1.165) is 27.1 Å². The highest BCUT2D eigenvalue weighted by Crippen LogP contribution is 2.39. The zero-order chi connectivity index (χ0) is 18.3. The summed E-state index contributed by atoms with van der Waals surface area (Å²) in [7, 11) is 0. The largest absolute Gasteiger partial charge is 0.351 e. The van der Waals surface area contributed by atoms with E-state index in [1.807, 2.05) is 84.9 Å². The maximum Gasteiger partial charge on any atom is 0.202 e. The van der Waals surface area contributed by atoms with Crippen LogP contribution in [0.15, 0.2) is 84.9 Å². The first-order chi connectivity index (χ1) is 13.3. The minimum Gasteiger partial charge on any atom is -0.351 e. The Labute approximate surface area is 157 Å². The van der Waals surface area contributed by atoms with Gasteiger partial charge in [-0.05, 0) is 21.5 Å². The van der Waals surface area contributed by atoms with Crippen molar-refractivity contribution in [1.29, 1.82) is 0 Å². The maximum absolute atomic E-state index is 13.8. The van der Waals surface area contributed by atoms with Gasteiger partial charge in [0.1, 0.15) is 6.79 Å². The van der Waals surface area contributed by atoms with Crippen LogP contribution < -0.4 is 0 Å². The molecule has 0 saturated carbocycles. The van der Waals surface area contributed by atoms with Gasteiger partial charge < -0.3 is 9.47 Å². The molecule has 1 saturated heterocycles. The van der Waals surface area contributed by atoms with Crippen molar-refractivity contribution in [2.45, 2.75) is 5.60 Å². The second-order valence-electron chi connectivity index (χ2n) is 6.82. The molecule has 1 aliphatic heterocycles. The molecule has 1 unspecified atom stereocenters. The summed E-state index contributed by atoms with van der Waals surface area (Å²) in [5.74, 6) is -0.0619. The van der Waals surface area contributed by atoms with E-state index in [4.69, 9.17) is 9.47 Å². The quantitative estimate of drug-likeness (QED) is 0.482. The molecule has 1 atom stereocenters. The number of ether oxygens (including phenoxy) is 2. The Morgan fingerprint density at radius 2 is 1.37 bits per heavy atom. The van der Waals surface area contributed by atoms with Gasteiger partial charge in [0.25, 0.3) is 0 Å². The minimum atomic E-state index is -1.13. The van der Waals surface area contributed by atoms with E-state index in [0.29, 0.717) is 5.56 Å². The molecule has 0 bridgehead atoms. The number of Topliss-reactive ketones (excluding diaryl/α,β-unsaturated/α-hetero) is 1. The Bertz CT molecular complexity index is 1150. The van der Waals surface area contributed by atoms with Crippen LogP contribution in [0, 0.1) is 0 Å². The molecule has 0 amide bonds. The van der Waals surface area contributed by atoms with Gasteiger partial charge in [0.15, 0.2) is 5.60 Å². The average Bonchev–Trinajstić information content (AvgIpc) is 3.23. The number of benzene rings is 4. The zero-order valence-electron chi connectivity index (χ0n) is 14.7. The normalized spacial score (nSPS) is 19.6. The molecular formula is C24H18O3. The molecule has 3 heteroatoms. The number of carbonyl (C=O) groups excluding carboxylic acids is 1. The van der Waals surface area contributed by atoms with Crippen molar-refractivity contribution in [2.24, 2.45) is 0 Å². The second kappa shape index (κ2) is 6.31. The van der Waals surface area contributed by atoms with Crippen molar-refractivity contribution in [1.82, 2.24) is 0 Å². The van der Waals surface area contributed by atoms with E-state index in [1.54, 1.807) is 0 Å². The smallest absolute Gasteiger partial charge is 0.202 e. The van der Waals surface area contributed by atoms with Crippen LogP contribution in [0.5, 0.6) is 0 Å². The predicted molar refractivity (Wildman–Crippen MR) is 106 cm³/mol. The van der Waals surface area contributed by atoms with Crippen LogP contribution in [0.1, 0.15) is 15.9 Å². The summed E-state index contributed by atoms with van der Waals surface area (Å²) in [5, 5.41) is 4.06. The summed E-state index contributed by atoms with van der Waals surface area (Å²) < 4.78 is 11.6. The van der Waals surface area contributed by atoms with Crippen LogP contribution in [0.25, 0.3) is 21.5 Å². The molecule has 0 N–H and O–H groups in total. The van der Waals surface area contributed by atoms with E-state index >= 15 is 0 Å². The zero-order valence-corrected chi connectivity index (χ0v) is 14.7. The predicted octanol–water partition coefficient (Wildman–Crippen LogP) is 5.08. The van der Waals surface area contributed by atoms with E-state index in [9.17, 15) is 4.79 Å². The van der Waals surface area contributed by atoms with Gasteiger partial charge in [-0.15, -0.1) is 0 Å². The molecule has 1 heterocycles. The van der Waals surface area contributed by atoms with Crippen LogP contribution in [-0.4, -0.2) is 19.2 Å². The van der Waals surface area contributed by atoms with Crippen LogP contribution in [0.4, 0.5) is 0 Å². The third-order valence-corrected chi connectivity index (χ3v) is 5.32. The molecule has 0 spiro atoms. The lowest BCUT2D eigenvalue weighted by Crippen LogP contribution is -2.38. The van der Waals surface area contributed by atoms with E-state index in [1.165, 1.54) is 0 Å². The standard InChI is InChI=1S/C24H18O3/c25-23(21-13-5-9-17-7-1-3-11-19(17)21)24(15-26-16-27-24)22-14-6-10-18-8-2-4-12-20(18)22/h1-14H,15-16H2. The summed E-state index contributed by atoms with van der Waals surface area (Å²) in [6, 6.07) is 27.8. The SMILES string of the molecule is O=C(c1cccc2ccccc12)C1(c2cccc3ccccc23)COCO1. The fourth-order valence-electron chi connectivity index (χ4n) is 4.00. The van der Waals surface area contributed by atoms with Crippen LogP contribution in [0.3, 0.4) is 0 Å². The van der Waals surface area contributed by atoms with Crippen molar-refractivity contribution in [3.63, 3.8) is 0 Å². The molecule has 5 rings (SSSR count). The average molecular weight is 354 g/mol. The third-order valence-electron chi connectivity index (χ3n) is 5.32. The maximum atomic E-state index is 13.8. The fraction of sp³-hybridized carbons (Fsp3) is 0.125. The lowest BCUT2D eigenvalue weighted by Gasteiger charge is -2.27. The molecule has 3 nitrogen and oxygen atoms in total. The molecule has 4 aromatic rings. The molecule has 0 radical (unpaired) electrons. The summed E-state index contributed by atoms with van der Waals surface area (Å²) in [4.78, 5) is 13.8. The highest BCUT2D eigenvalue weighted by atomic mass is 16.7. The van der Waals surface area contributed by atoms with Crippen LogP contribution >= 0.6 is 0 Å². The molecule has 0 aromatic heterocycles. The molecule has 27 heavy (non-hydrogen) atoms. The number of hydrogen-bond donors (Lipinski definition) is 0. The summed E-state index contributed by atoms with van der Waals surface area (Å²) in [5.41, 5.74) is 0.382. The first kappa shape index (κ1) is 16.2. The number of carbonyl (C=O) groups is 1. The molecule has 1 aliphatic rings. The topological polar surface area (TPSA) is 35.5 Å². The van der Waals surface area contributed by atoms with Crippen molar-refractivity contribution in [3.05, 3.63) is 96.1 Å². The number of fused-ring (bicyclic) bond motifs is 2. The highest BCUT2D eigenvalue weighted by molar-refractivity contribution is 6.13. The van der Waals surface area contributed by atoms with Gasteiger partial charge in [0.2, 0.25) is 5.78 Å². The minimum absolute atomic E-state index is 0.0619. The first-order valence-electron chi connectivity index (χ1n) is 9.02.